The first kappa shape index (κ1) is 17.9. The molecule has 2 aromatic carbocycles. The molecule has 6 rings (SSSR count). The number of hydrogen-bond donors (Lipinski definition) is 0. The maximum atomic E-state index is 2.50. The summed E-state index contributed by atoms with van der Waals surface area (Å²) in [6.07, 6.45) is 9.50. The molecule has 0 amide bonds. The third-order valence-corrected chi connectivity index (χ3v) is 7.70. The van der Waals surface area contributed by atoms with Crippen LogP contribution in [-0.2, 0) is 7.05 Å². The molecule has 0 saturated heterocycles. The Hall–Kier alpha value is -2.15. The standard InChI is InChI=1S/C27H32N/c1-17-13-18(2)19(3)25(14-17)27-24-10-9-22(16-23(24)11-12-28(27)4)26-15-20-5-7-21(26)8-6-20/h9-14,16,20-21,26H,5-8,15H2,1-4H3/q+1. The number of aromatic nitrogens is 1. The average molecular weight is 371 g/mol. The van der Waals surface area contributed by atoms with Crippen molar-refractivity contribution < 1.29 is 4.57 Å². The van der Waals surface area contributed by atoms with Crippen molar-refractivity contribution in [1.82, 2.24) is 0 Å². The molecule has 0 spiro atoms. The Bertz CT molecular complexity index is 1050. The number of hydrogen-bond acceptors (Lipinski definition) is 0. The van der Waals surface area contributed by atoms with Gasteiger partial charge in [-0.3, -0.25) is 0 Å². The summed E-state index contributed by atoms with van der Waals surface area (Å²) >= 11 is 0. The highest BCUT2D eigenvalue weighted by molar-refractivity contribution is 5.94. The van der Waals surface area contributed by atoms with Crippen molar-refractivity contribution in [3.05, 3.63) is 64.8 Å². The van der Waals surface area contributed by atoms with Crippen LogP contribution in [0.5, 0.6) is 0 Å². The van der Waals surface area contributed by atoms with Crippen molar-refractivity contribution in [2.24, 2.45) is 18.9 Å². The van der Waals surface area contributed by atoms with Crippen LogP contribution in [0.2, 0.25) is 0 Å². The van der Waals surface area contributed by atoms with E-state index in [1.54, 1.807) is 5.56 Å². The van der Waals surface area contributed by atoms with E-state index in [0.717, 1.165) is 17.8 Å². The highest BCUT2D eigenvalue weighted by atomic mass is 14.9. The van der Waals surface area contributed by atoms with Crippen LogP contribution in [-0.4, -0.2) is 0 Å². The molecule has 3 aliphatic carbocycles. The minimum atomic E-state index is 0.789. The Morgan fingerprint density at radius 3 is 2.39 bits per heavy atom. The van der Waals surface area contributed by atoms with Crippen LogP contribution in [0.3, 0.4) is 0 Å². The molecule has 1 aromatic heterocycles. The molecule has 3 aromatic rings. The third-order valence-electron chi connectivity index (χ3n) is 7.70. The Morgan fingerprint density at radius 2 is 1.68 bits per heavy atom. The predicted octanol–water partition coefficient (Wildman–Crippen LogP) is 6.55. The van der Waals surface area contributed by atoms with Gasteiger partial charge in [-0.15, -0.1) is 0 Å². The molecule has 28 heavy (non-hydrogen) atoms. The number of fused-ring (bicyclic) bond motifs is 4. The number of nitrogens with zero attached hydrogens (tertiary/aromatic N) is 1. The highest BCUT2D eigenvalue weighted by Gasteiger charge is 2.36. The Kier molecular flexibility index (Phi) is 4.30. The molecule has 0 aliphatic heterocycles. The molecule has 3 saturated carbocycles. The summed E-state index contributed by atoms with van der Waals surface area (Å²) in [6, 6.07) is 14.3. The maximum absolute atomic E-state index is 2.50. The average Bonchev–Trinajstić information content (AvgIpc) is 2.71. The van der Waals surface area contributed by atoms with Crippen LogP contribution in [0.4, 0.5) is 0 Å². The number of rotatable bonds is 2. The van der Waals surface area contributed by atoms with E-state index in [4.69, 9.17) is 0 Å². The largest absolute Gasteiger partial charge is 0.220 e. The van der Waals surface area contributed by atoms with Crippen molar-refractivity contribution in [3.8, 4) is 11.3 Å². The van der Waals surface area contributed by atoms with E-state index in [2.05, 4.69) is 75.0 Å². The van der Waals surface area contributed by atoms with Gasteiger partial charge in [-0.2, -0.15) is 0 Å². The smallest absolute Gasteiger partial charge is 0.200 e. The van der Waals surface area contributed by atoms with E-state index in [-0.39, 0.29) is 0 Å². The fourth-order valence-corrected chi connectivity index (χ4v) is 6.03. The van der Waals surface area contributed by atoms with Gasteiger partial charge in [0.25, 0.3) is 0 Å². The van der Waals surface area contributed by atoms with E-state index in [0.29, 0.717) is 0 Å². The van der Waals surface area contributed by atoms with Crippen molar-refractivity contribution in [2.75, 3.05) is 0 Å². The summed E-state index contributed by atoms with van der Waals surface area (Å²) in [5.41, 5.74) is 8.40. The van der Waals surface area contributed by atoms with Gasteiger partial charge in [-0.25, -0.2) is 4.57 Å². The van der Waals surface area contributed by atoms with Gasteiger partial charge in [0, 0.05) is 6.07 Å². The summed E-state index contributed by atoms with van der Waals surface area (Å²) in [7, 11) is 2.18. The molecular weight excluding hydrogens is 338 g/mol. The lowest BCUT2D eigenvalue weighted by atomic mass is 9.63. The van der Waals surface area contributed by atoms with Gasteiger partial charge in [-0.05, 0) is 92.0 Å². The summed E-state index contributed by atoms with van der Waals surface area (Å²) in [5, 5.41) is 2.77. The summed E-state index contributed by atoms with van der Waals surface area (Å²) < 4.78 is 2.30. The van der Waals surface area contributed by atoms with E-state index >= 15 is 0 Å². The summed E-state index contributed by atoms with van der Waals surface area (Å²) in [5.74, 6) is 2.69. The first-order valence-corrected chi connectivity index (χ1v) is 11.0. The first-order chi connectivity index (χ1) is 13.5. The zero-order valence-electron chi connectivity index (χ0n) is 17.8. The van der Waals surface area contributed by atoms with Gasteiger partial charge in [0.1, 0.15) is 7.05 Å². The molecule has 1 nitrogen and oxygen atoms in total. The lowest BCUT2D eigenvalue weighted by molar-refractivity contribution is -0.659. The second kappa shape index (κ2) is 6.72. The monoisotopic (exact) mass is 370 g/mol. The molecule has 3 fully saturated rings. The second-order valence-corrected chi connectivity index (χ2v) is 9.50. The van der Waals surface area contributed by atoms with E-state index < -0.39 is 0 Å². The van der Waals surface area contributed by atoms with E-state index in [9.17, 15) is 0 Å². The number of pyridine rings is 1. The van der Waals surface area contributed by atoms with E-state index in [1.807, 2.05) is 0 Å². The molecule has 0 radical (unpaired) electrons. The topological polar surface area (TPSA) is 3.88 Å². The van der Waals surface area contributed by atoms with Gasteiger partial charge < -0.3 is 0 Å². The van der Waals surface area contributed by atoms with Crippen molar-refractivity contribution in [2.45, 2.75) is 58.8 Å². The lowest BCUT2D eigenvalue weighted by Crippen LogP contribution is -2.31. The van der Waals surface area contributed by atoms with Gasteiger partial charge >= 0.3 is 0 Å². The van der Waals surface area contributed by atoms with Crippen LogP contribution in [0.25, 0.3) is 22.0 Å². The van der Waals surface area contributed by atoms with Crippen molar-refractivity contribution >= 4 is 10.8 Å². The van der Waals surface area contributed by atoms with Gasteiger partial charge in [0.2, 0.25) is 5.69 Å². The molecule has 2 bridgehead atoms. The van der Waals surface area contributed by atoms with Crippen LogP contribution in [0, 0.1) is 32.6 Å². The summed E-state index contributed by atoms with van der Waals surface area (Å²) in [6.45, 7) is 6.69. The predicted molar refractivity (Wildman–Crippen MR) is 118 cm³/mol. The van der Waals surface area contributed by atoms with Crippen LogP contribution < -0.4 is 4.57 Å². The number of benzene rings is 2. The Labute approximate surface area is 169 Å². The molecule has 1 heterocycles. The fraction of sp³-hybridized carbons (Fsp3) is 0.444. The zero-order valence-corrected chi connectivity index (χ0v) is 17.8. The molecule has 3 aliphatic rings. The first-order valence-electron chi connectivity index (χ1n) is 11.0. The molecule has 1 unspecified atom stereocenters. The normalized spacial score (nSPS) is 24.1. The van der Waals surface area contributed by atoms with Gasteiger partial charge in [-0.1, -0.05) is 36.6 Å². The van der Waals surface area contributed by atoms with Crippen LogP contribution in [0.1, 0.15) is 60.3 Å². The molecule has 1 atom stereocenters. The van der Waals surface area contributed by atoms with Gasteiger partial charge in [0.05, 0.1) is 10.9 Å². The van der Waals surface area contributed by atoms with Gasteiger partial charge in [0.15, 0.2) is 6.20 Å². The molecule has 0 N–H and O–H groups in total. The Morgan fingerprint density at radius 1 is 0.893 bits per heavy atom. The molecular formula is C27H32N+. The lowest BCUT2D eigenvalue weighted by Gasteiger charge is -2.42. The second-order valence-electron chi connectivity index (χ2n) is 9.50. The highest BCUT2D eigenvalue weighted by Crippen LogP contribution is 2.50. The van der Waals surface area contributed by atoms with Crippen molar-refractivity contribution in [3.63, 3.8) is 0 Å². The minimum Gasteiger partial charge on any atom is -0.200 e. The fourth-order valence-electron chi connectivity index (χ4n) is 6.03. The van der Waals surface area contributed by atoms with Crippen LogP contribution in [0.15, 0.2) is 42.6 Å². The maximum Gasteiger partial charge on any atom is 0.220 e. The zero-order chi connectivity index (χ0) is 19.4. The van der Waals surface area contributed by atoms with Crippen molar-refractivity contribution in [1.29, 1.82) is 0 Å². The molecule has 1 heteroatoms. The van der Waals surface area contributed by atoms with E-state index in [1.165, 1.54) is 70.8 Å². The third kappa shape index (κ3) is 2.87. The quantitative estimate of drug-likeness (QED) is 0.450. The minimum absolute atomic E-state index is 0.789. The number of aryl methyl sites for hydroxylation is 3. The Balaban J connectivity index is 1.65. The molecule has 144 valence electrons. The van der Waals surface area contributed by atoms with Crippen LogP contribution >= 0.6 is 0 Å². The summed E-state index contributed by atoms with van der Waals surface area (Å²) in [4.78, 5) is 0. The SMILES string of the molecule is Cc1cc(C)c(C)c(-c2c3ccc(C4CC5CCC4CC5)cc3cc[n+]2C)c1.